The Morgan fingerprint density at radius 3 is 2.52 bits per heavy atom. The van der Waals surface area contributed by atoms with Gasteiger partial charge in [-0.1, -0.05) is 29.8 Å². The van der Waals surface area contributed by atoms with Gasteiger partial charge >= 0.3 is 0 Å². The fraction of sp³-hybridized carbons (Fsp3) is 0.438. The highest BCUT2D eigenvalue weighted by atomic mass is 35.5. The number of imidazole rings is 1. The van der Waals surface area contributed by atoms with Crippen LogP contribution in [0, 0.1) is 6.92 Å². The van der Waals surface area contributed by atoms with Crippen molar-refractivity contribution in [3.05, 3.63) is 53.6 Å². The van der Waals surface area contributed by atoms with E-state index in [4.69, 9.17) is 0 Å². The van der Waals surface area contributed by atoms with Crippen LogP contribution in [-0.4, -0.2) is 22.6 Å². The first-order chi connectivity index (χ1) is 9.24. The largest absolute Gasteiger partial charge is 0.349 e. The van der Waals surface area contributed by atoms with Gasteiger partial charge in [0.25, 0.3) is 0 Å². The summed E-state index contributed by atoms with van der Waals surface area (Å²) in [5.74, 6) is 1.08. The number of rotatable bonds is 7. The molecule has 5 heteroatoms. The van der Waals surface area contributed by atoms with Crippen LogP contribution < -0.4 is 5.32 Å². The summed E-state index contributed by atoms with van der Waals surface area (Å²) in [7, 11) is 0. The molecule has 1 unspecified atom stereocenters. The molecule has 0 saturated heterocycles. The van der Waals surface area contributed by atoms with Crippen molar-refractivity contribution in [3.8, 4) is 0 Å². The number of nitrogens with zero attached hydrogens (tertiary/aromatic N) is 1. The maximum atomic E-state index is 4.23. The fourth-order valence-electron chi connectivity index (χ4n) is 2.19. The van der Waals surface area contributed by atoms with Gasteiger partial charge in [-0.05, 0) is 38.8 Å². The Balaban J connectivity index is 0.00000200. The molecule has 1 heterocycles. The fourth-order valence-corrected chi connectivity index (χ4v) is 2.19. The van der Waals surface area contributed by atoms with Crippen LogP contribution in [0.4, 0.5) is 0 Å². The summed E-state index contributed by atoms with van der Waals surface area (Å²) < 4.78 is 0. The van der Waals surface area contributed by atoms with Gasteiger partial charge in [0, 0.05) is 24.9 Å². The van der Waals surface area contributed by atoms with Gasteiger partial charge in [-0.2, -0.15) is 0 Å². The van der Waals surface area contributed by atoms with Crippen LogP contribution in [0.25, 0.3) is 0 Å². The minimum Gasteiger partial charge on any atom is -0.349 e. The van der Waals surface area contributed by atoms with E-state index in [1.54, 1.807) is 0 Å². The zero-order valence-electron chi connectivity index (χ0n) is 12.6. The molecule has 2 aromatic rings. The van der Waals surface area contributed by atoms with Crippen molar-refractivity contribution in [1.82, 2.24) is 15.3 Å². The predicted molar refractivity (Wildman–Crippen MR) is 93.8 cm³/mol. The van der Waals surface area contributed by atoms with E-state index in [1.165, 1.54) is 11.1 Å². The number of aryl methyl sites for hydroxylation is 2. The van der Waals surface area contributed by atoms with Crippen molar-refractivity contribution >= 4 is 24.8 Å². The minimum absolute atomic E-state index is 0. The average molecular weight is 330 g/mol. The Morgan fingerprint density at radius 2 is 1.90 bits per heavy atom. The predicted octanol–water partition coefficient (Wildman–Crippen LogP) is 3.72. The van der Waals surface area contributed by atoms with Crippen LogP contribution in [-0.2, 0) is 12.8 Å². The van der Waals surface area contributed by atoms with Crippen molar-refractivity contribution in [1.29, 1.82) is 0 Å². The number of hydrogen-bond acceptors (Lipinski definition) is 2. The smallest absolute Gasteiger partial charge is 0.106 e. The summed E-state index contributed by atoms with van der Waals surface area (Å²) in [5, 5.41) is 3.57. The molecule has 0 bridgehead atoms. The maximum Gasteiger partial charge on any atom is 0.106 e. The van der Waals surface area contributed by atoms with Crippen LogP contribution in [0.5, 0.6) is 0 Å². The van der Waals surface area contributed by atoms with Gasteiger partial charge in [0.05, 0.1) is 0 Å². The van der Waals surface area contributed by atoms with Crippen molar-refractivity contribution in [2.45, 2.75) is 39.2 Å². The molecule has 0 spiro atoms. The van der Waals surface area contributed by atoms with E-state index in [1.807, 2.05) is 12.4 Å². The summed E-state index contributed by atoms with van der Waals surface area (Å²) in [6.45, 7) is 5.40. The van der Waals surface area contributed by atoms with Crippen LogP contribution in [0.3, 0.4) is 0 Å². The third-order valence-electron chi connectivity index (χ3n) is 3.30. The molecule has 0 radical (unpaired) electrons. The van der Waals surface area contributed by atoms with E-state index in [2.05, 4.69) is 53.4 Å². The lowest BCUT2D eigenvalue weighted by molar-refractivity contribution is 0.531. The van der Waals surface area contributed by atoms with E-state index < -0.39 is 0 Å². The van der Waals surface area contributed by atoms with E-state index >= 15 is 0 Å². The number of hydrogen-bond donors (Lipinski definition) is 2. The Morgan fingerprint density at radius 1 is 1.19 bits per heavy atom. The van der Waals surface area contributed by atoms with Gasteiger partial charge < -0.3 is 10.3 Å². The maximum absolute atomic E-state index is 4.23. The van der Waals surface area contributed by atoms with Crippen LogP contribution in [0.2, 0.25) is 0 Å². The highest BCUT2D eigenvalue weighted by Gasteiger charge is 2.03. The van der Waals surface area contributed by atoms with E-state index in [-0.39, 0.29) is 24.8 Å². The molecular formula is C16H25Cl2N3. The number of aromatic amines is 1. The molecular weight excluding hydrogens is 305 g/mol. The monoisotopic (exact) mass is 329 g/mol. The number of halogens is 2. The third kappa shape index (κ3) is 7.51. The molecule has 1 aromatic heterocycles. The standard InChI is InChI=1S/C16H23N3.2ClH/c1-13-5-7-15(8-6-13)12-14(2)17-9-3-4-16-18-10-11-19-16;;/h5-8,10-11,14,17H,3-4,9,12H2,1-2H3,(H,18,19);2*1H. The first-order valence-corrected chi connectivity index (χ1v) is 7.01. The molecule has 1 aromatic carbocycles. The van der Waals surface area contributed by atoms with Crippen molar-refractivity contribution < 1.29 is 0 Å². The molecule has 0 aliphatic carbocycles. The van der Waals surface area contributed by atoms with E-state index in [9.17, 15) is 0 Å². The zero-order valence-corrected chi connectivity index (χ0v) is 14.3. The molecule has 0 fully saturated rings. The quantitative estimate of drug-likeness (QED) is 0.760. The lowest BCUT2D eigenvalue weighted by atomic mass is 10.1. The lowest BCUT2D eigenvalue weighted by Crippen LogP contribution is -2.29. The second-order valence-electron chi connectivity index (χ2n) is 5.18. The first-order valence-electron chi connectivity index (χ1n) is 7.01. The minimum atomic E-state index is 0. The average Bonchev–Trinajstić information content (AvgIpc) is 2.91. The van der Waals surface area contributed by atoms with Crippen molar-refractivity contribution in [2.75, 3.05) is 6.54 Å². The SMILES string of the molecule is Cc1ccc(CC(C)NCCCc2ncc[nH]2)cc1.Cl.Cl. The molecule has 0 amide bonds. The Hall–Kier alpha value is -1.03. The zero-order chi connectivity index (χ0) is 13.5. The summed E-state index contributed by atoms with van der Waals surface area (Å²) >= 11 is 0. The van der Waals surface area contributed by atoms with Gasteiger partial charge in [-0.15, -0.1) is 24.8 Å². The van der Waals surface area contributed by atoms with Crippen molar-refractivity contribution in [3.63, 3.8) is 0 Å². The molecule has 21 heavy (non-hydrogen) atoms. The van der Waals surface area contributed by atoms with Crippen molar-refractivity contribution in [2.24, 2.45) is 0 Å². The van der Waals surface area contributed by atoms with E-state index in [0.717, 1.165) is 31.6 Å². The van der Waals surface area contributed by atoms with Gasteiger partial charge in [-0.3, -0.25) is 0 Å². The van der Waals surface area contributed by atoms with Gasteiger partial charge in [0.15, 0.2) is 0 Å². The van der Waals surface area contributed by atoms with Gasteiger partial charge in [-0.25, -0.2) is 4.98 Å². The molecule has 0 aliphatic rings. The summed E-state index contributed by atoms with van der Waals surface area (Å²) in [6, 6.07) is 9.31. The summed E-state index contributed by atoms with van der Waals surface area (Å²) in [5.41, 5.74) is 2.72. The number of benzene rings is 1. The van der Waals surface area contributed by atoms with Crippen LogP contribution in [0.1, 0.15) is 30.3 Å². The lowest BCUT2D eigenvalue weighted by Gasteiger charge is -2.13. The molecule has 2 rings (SSSR count). The van der Waals surface area contributed by atoms with Gasteiger partial charge in [0.1, 0.15) is 5.82 Å². The van der Waals surface area contributed by atoms with Crippen LogP contribution >= 0.6 is 24.8 Å². The highest BCUT2D eigenvalue weighted by molar-refractivity contribution is 5.85. The second kappa shape index (κ2) is 10.7. The normalized spacial score (nSPS) is 11.3. The van der Waals surface area contributed by atoms with E-state index in [0.29, 0.717) is 6.04 Å². The second-order valence-corrected chi connectivity index (χ2v) is 5.18. The van der Waals surface area contributed by atoms with Gasteiger partial charge in [0.2, 0.25) is 0 Å². The number of aromatic nitrogens is 2. The summed E-state index contributed by atoms with van der Waals surface area (Å²) in [6.07, 6.45) is 6.90. The molecule has 1 atom stereocenters. The Bertz CT molecular complexity index is 469. The molecule has 0 saturated carbocycles. The Kier molecular flexibility index (Phi) is 10.1. The highest BCUT2D eigenvalue weighted by Crippen LogP contribution is 2.06. The third-order valence-corrected chi connectivity index (χ3v) is 3.30. The Labute approximate surface area is 139 Å². The van der Waals surface area contributed by atoms with Crippen LogP contribution in [0.15, 0.2) is 36.7 Å². The first kappa shape index (κ1) is 20.0. The molecule has 2 N–H and O–H groups in total. The summed E-state index contributed by atoms with van der Waals surface area (Å²) in [4.78, 5) is 7.36. The topological polar surface area (TPSA) is 40.7 Å². The molecule has 118 valence electrons. The number of nitrogens with one attached hydrogen (secondary N) is 2. The molecule has 3 nitrogen and oxygen atoms in total. The molecule has 0 aliphatic heterocycles. The number of H-pyrrole nitrogens is 1.